The van der Waals surface area contributed by atoms with Crippen LogP contribution in [0.25, 0.3) is 0 Å². The minimum Gasteiger partial charge on any atom is -0.459 e. The van der Waals surface area contributed by atoms with Crippen LogP contribution in [0.2, 0.25) is 0 Å². The normalized spacial score (nSPS) is 21.0. The molecule has 9 nitrogen and oxygen atoms in total. The van der Waals surface area contributed by atoms with E-state index in [4.69, 9.17) is 23.7 Å². The van der Waals surface area contributed by atoms with Crippen molar-refractivity contribution in [2.45, 2.75) is 31.5 Å². The Balaban J connectivity index is 1.44. The molecule has 224 valence electrons. The topological polar surface area (TPSA) is 114 Å². The van der Waals surface area contributed by atoms with Gasteiger partial charge in [-0.2, -0.15) is 0 Å². The summed E-state index contributed by atoms with van der Waals surface area (Å²) >= 11 is 0. The molecule has 1 aliphatic heterocycles. The Morgan fingerprint density at radius 3 is 1.32 bits per heavy atom. The van der Waals surface area contributed by atoms with E-state index in [1.807, 2.05) is 0 Å². The van der Waals surface area contributed by atoms with Gasteiger partial charge in [-0.1, -0.05) is 79.7 Å². The van der Waals surface area contributed by atoms with Crippen molar-refractivity contribution in [1.29, 1.82) is 0 Å². The highest BCUT2D eigenvalue weighted by atomic mass is 16.7. The Morgan fingerprint density at radius 2 is 0.886 bits per heavy atom. The van der Waals surface area contributed by atoms with Gasteiger partial charge in [0, 0.05) is 5.92 Å². The lowest BCUT2D eigenvalue weighted by atomic mass is 9.90. The van der Waals surface area contributed by atoms with Crippen molar-refractivity contribution >= 4 is 23.9 Å². The molecule has 0 N–H and O–H groups in total. The molecule has 1 saturated heterocycles. The zero-order valence-corrected chi connectivity index (χ0v) is 23.8. The van der Waals surface area contributed by atoms with Crippen molar-refractivity contribution in [2.75, 3.05) is 6.61 Å². The van der Waals surface area contributed by atoms with Crippen LogP contribution in [0.5, 0.6) is 0 Å². The van der Waals surface area contributed by atoms with E-state index in [0.29, 0.717) is 5.56 Å². The second-order valence-electron chi connectivity index (χ2n) is 10.1. The average molecular weight is 595 g/mol. The Kier molecular flexibility index (Phi) is 9.78. The number of esters is 4. The summed E-state index contributed by atoms with van der Waals surface area (Å²) in [5, 5.41) is 0. The summed E-state index contributed by atoms with van der Waals surface area (Å²) < 4.78 is 29.2. The molecule has 44 heavy (non-hydrogen) atoms. The van der Waals surface area contributed by atoms with Crippen LogP contribution in [0, 0.1) is 5.92 Å². The number of ether oxygens (including phenoxy) is 5. The molecule has 0 radical (unpaired) electrons. The summed E-state index contributed by atoms with van der Waals surface area (Å²) in [7, 11) is 0. The molecule has 1 heterocycles. The van der Waals surface area contributed by atoms with Crippen molar-refractivity contribution in [3.05, 3.63) is 144 Å². The van der Waals surface area contributed by atoms with E-state index in [-0.39, 0.29) is 23.3 Å². The lowest BCUT2D eigenvalue weighted by molar-refractivity contribution is -0.268. The number of carbonyl (C=O) groups excluding carboxylic acids is 4. The highest BCUT2D eigenvalue weighted by molar-refractivity contribution is 5.91. The molecule has 4 aromatic carbocycles. The van der Waals surface area contributed by atoms with Gasteiger partial charge in [-0.15, -0.1) is 0 Å². The number of rotatable bonds is 9. The van der Waals surface area contributed by atoms with Crippen LogP contribution in [0.4, 0.5) is 0 Å². The molecule has 1 aliphatic rings. The quantitative estimate of drug-likeness (QED) is 0.183. The molecule has 0 bridgehead atoms. The monoisotopic (exact) mass is 594 g/mol. The van der Waals surface area contributed by atoms with Gasteiger partial charge in [0.1, 0.15) is 18.8 Å². The minimum absolute atomic E-state index is 0.251. The van der Waals surface area contributed by atoms with Crippen LogP contribution < -0.4 is 0 Å². The SMILES string of the molecule is CC1C(OC(=O)c2ccccc2)C(COC(=O)c2ccccc2)OC(OC(=O)c2ccccc2)C1OC(=O)c1ccccc1. The molecule has 0 aromatic heterocycles. The molecule has 0 saturated carbocycles. The van der Waals surface area contributed by atoms with Crippen LogP contribution in [0.3, 0.4) is 0 Å². The van der Waals surface area contributed by atoms with Crippen LogP contribution in [-0.2, 0) is 23.7 Å². The van der Waals surface area contributed by atoms with E-state index in [9.17, 15) is 19.2 Å². The van der Waals surface area contributed by atoms with Gasteiger partial charge < -0.3 is 23.7 Å². The Hall–Kier alpha value is -5.28. The maximum absolute atomic E-state index is 13.2. The van der Waals surface area contributed by atoms with Crippen molar-refractivity contribution in [3.8, 4) is 0 Å². The molecule has 5 atom stereocenters. The standard InChI is InChI=1S/C35H30O9/c1-23-29(42-32(37)25-16-8-3-9-17-25)28(22-40-31(36)24-14-6-2-7-15-24)41-35(44-34(39)27-20-12-5-13-21-27)30(23)43-33(38)26-18-10-4-11-19-26/h2-21,23,28-30,35H,22H2,1H3. The van der Waals surface area contributed by atoms with E-state index < -0.39 is 54.4 Å². The smallest absolute Gasteiger partial charge is 0.340 e. The fourth-order valence-electron chi connectivity index (χ4n) is 4.77. The number of hydrogen-bond acceptors (Lipinski definition) is 9. The van der Waals surface area contributed by atoms with Gasteiger partial charge in [-0.25, -0.2) is 19.2 Å². The molecule has 0 spiro atoms. The molecule has 4 aromatic rings. The van der Waals surface area contributed by atoms with Gasteiger partial charge in [-0.05, 0) is 48.5 Å². The first-order valence-corrected chi connectivity index (χ1v) is 14.1. The molecule has 1 fully saturated rings. The fraction of sp³-hybridized carbons (Fsp3) is 0.200. The van der Waals surface area contributed by atoms with Gasteiger partial charge in [0.2, 0.25) is 6.29 Å². The van der Waals surface area contributed by atoms with E-state index in [0.717, 1.165) is 0 Å². The average Bonchev–Trinajstić information content (AvgIpc) is 3.08. The zero-order chi connectivity index (χ0) is 30.9. The van der Waals surface area contributed by atoms with Crippen molar-refractivity contribution in [2.24, 2.45) is 5.92 Å². The summed E-state index contributed by atoms with van der Waals surface area (Å²) in [6.07, 6.45) is -4.75. The van der Waals surface area contributed by atoms with Crippen molar-refractivity contribution in [3.63, 3.8) is 0 Å². The molecule has 0 aliphatic carbocycles. The highest BCUT2D eigenvalue weighted by Gasteiger charge is 2.50. The number of hydrogen-bond donors (Lipinski definition) is 0. The third kappa shape index (κ3) is 7.37. The van der Waals surface area contributed by atoms with Gasteiger partial charge in [0.05, 0.1) is 22.3 Å². The van der Waals surface area contributed by atoms with Gasteiger partial charge in [-0.3, -0.25) is 0 Å². The first-order valence-electron chi connectivity index (χ1n) is 14.1. The predicted octanol–water partition coefficient (Wildman–Crippen LogP) is 5.51. The number of benzene rings is 4. The van der Waals surface area contributed by atoms with E-state index in [1.165, 1.54) is 0 Å². The van der Waals surface area contributed by atoms with Crippen molar-refractivity contribution in [1.82, 2.24) is 0 Å². The Morgan fingerprint density at radius 1 is 0.523 bits per heavy atom. The minimum atomic E-state index is -1.42. The Bertz CT molecular complexity index is 1560. The predicted molar refractivity (Wildman–Crippen MR) is 158 cm³/mol. The maximum Gasteiger partial charge on any atom is 0.340 e. The molecule has 0 amide bonds. The highest BCUT2D eigenvalue weighted by Crippen LogP contribution is 2.33. The summed E-state index contributed by atoms with van der Waals surface area (Å²) in [4.78, 5) is 52.2. The van der Waals surface area contributed by atoms with Crippen molar-refractivity contribution < 1.29 is 42.9 Å². The zero-order valence-electron chi connectivity index (χ0n) is 23.8. The van der Waals surface area contributed by atoms with Gasteiger partial charge in [0.15, 0.2) is 6.10 Å². The van der Waals surface area contributed by atoms with Crippen LogP contribution >= 0.6 is 0 Å². The summed E-state index contributed by atoms with van der Waals surface area (Å²) in [6, 6.07) is 33.3. The summed E-state index contributed by atoms with van der Waals surface area (Å²) in [6.45, 7) is 1.34. The lowest BCUT2D eigenvalue weighted by Crippen LogP contribution is -2.58. The largest absolute Gasteiger partial charge is 0.459 e. The third-order valence-electron chi connectivity index (χ3n) is 7.11. The second-order valence-corrected chi connectivity index (χ2v) is 10.1. The first kappa shape index (κ1) is 30.2. The van der Waals surface area contributed by atoms with Crippen LogP contribution in [0.15, 0.2) is 121 Å². The Labute approximate surface area is 254 Å². The maximum atomic E-state index is 13.2. The first-order chi connectivity index (χ1) is 21.4. The third-order valence-corrected chi connectivity index (χ3v) is 7.11. The molecular weight excluding hydrogens is 564 g/mol. The molecule has 9 heteroatoms. The number of carbonyl (C=O) groups is 4. The van der Waals surface area contributed by atoms with Gasteiger partial charge in [0.25, 0.3) is 0 Å². The van der Waals surface area contributed by atoms with Crippen LogP contribution in [0.1, 0.15) is 48.4 Å². The second kappa shape index (κ2) is 14.3. The van der Waals surface area contributed by atoms with Crippen LogP contribution in [-0.4, -0.2) is 55.1 Å². The molecule has 5 rings (SSSR count). The van der Waals surface area contributed by atoms with E-state index >= 15 is 0 Å². The van der Waals surface area contributed by atoms with E-state index in [2.05, 4.69) is 0 Å². The lowest BCUT2D eigenvalue weighted by Gasteiger charge is -2.43. The fourth-order valence-corrected chi connectivity index (χ4v) is 4.77. The summed E-state index contributed by atoms with van der Waals surface area (Å²) in [5.74, 6) is -3.45. The van der Waals surface area contributed by atoms with E-state index in [1.54, 1.807) is 128 Å². The van der Waals surface area contributed by atoms with Gasteiger partial charge >= 0.3 is 23.9 Å². The molecule has 5 unspecified atom stereocenters. The molecular formula is C35H30O9. The summed E-state index contributed by atoms with van der Waals surface area (Å²) in [5.41, 5.74) is 1.12.